The molecule has 0 atom stereocenters. The monoisotopic (exact) mass is 159 g/mol. The third-order valence-corrected chi connectivity index (χ3v) is 1.53. The van der Waals surface area contributed by atoms with E-state index in [-0.39, 0.29) is 6.44 Å². The second kappa shape index (κ2) is 8.05. The van der Waals surface area contributed by atoms with Gasteiger partial charge in [-0.1, -0.05) is 26.2 Å². The van der Waals surface area contributed by atoms with Crippen LogP contribution >= 0.6 is 0 Å². The third kappa shape index (κ3) is 9.94. The molecule has 0 rings (SSSR count). The summed E-state index contributed by atoms with van der Waals surface area (Å²) in [6.45, 7) is 3.06. The van der Waals surface area contributed by atoms with Crippen LogP contribution in [0.1, 0.15) is 32.6 Å². The molecule has 0 aliphatic rings. The van der Waals surface area contributed by atoms with Crippen molar-refractivity contribution in [3.63, 3.8) is 0 Å². The fraction of sp³-hybridized carbons (Fsp3) is 1.00. The van der Waals surface area contributed by atoms with E-state index in [0.717, 1.165) is 13.0 Å². The maximum Gasteiger partial charge on any atom is 0.466 e. The maximum absolute atomic E-state index is 8.45. The van der Waals surface area contributed by atoms with Crippen LogP contribution in [0.15, 0.2) is 0 Å². The quantitative estimate of drug-likeness (QED) is 0.366. The molecule has 0 saturated heterocycles. The normalized spacial score (nSPS) is 10.1. The summed E-state index contributed by atoms with van der Waals surface area (Å²) in [6, 6.07) is 0. The van der Waals surface area contributed by atoms with Gasteiger partial charge in [0.1, 0.15) is 0 Å². The zero-order chi connectivity index (χ0) is 8.53. The lowest BCUT2D eigenvalue weighted by Gasteiger charge is -2.02. The van der Waals surface area contributed by atoms with E-state index < -0.39 is 7.12 Å². The van der Waals surface area contributed by atoms with Crippen molar-refractivity contribution in [3.8, 4) is 0 Å². The van der Waals surface area contributed by atoms with E-state index in [1.165, 1.54) is 19.3 Å². The summed E-state index contributed by atoms with van der Waals surface area (Å²) in [5.74, 6) is 0. The highest BCUT2D eigenvalue weighted by Crippen LogP contribution is 1.96. The first kappa shape index (κ1) is 10.9. The highest BCUT2D eigenvalue weighted by atomic mass is 16.4. The predicted octanol–water partition coefficient (Wildman–Crippen LogP) is 0.168. The first-order chi connectivity index (χ1) is 5.27. The summed E-state index contributed by atoms with van der Waals surface area (Å²) in [5, 5.41) is 19.8. The van der Waals surface area contributed by atoms with Crippen molar-refractivity contribution < 1.29 is 10.0 Å². The molecule has 0 radical (unpaired) electrons. The SMILES string of the molecule is CCCCCCNCB(O)O. The molecule has 3 nitrogen and oxygen atoms in total. The predicted molar refractivity (Wildman–Crippen MR) is 47.2 cm³/mol. The first-order valence-electron chi connectivity index (χ1n) is 4.34. The molecule has 4 heteroatoms. The van der Waals surface area contributed by atoms with Crippen LogP contribution in [-0.4, -0.2) is 30.2 Å². The van der Waals surface area contributed by atoms with Gasteiger partial charge in [0.05, 0.1) is 0 Å². The van der Waals surface area contributed by atoms with E-state index in [1.54, 1.807) is 0 Å². The molecule has 0 unspecified atom stereocenters. The fourth-order valence-corrected chi connectivity index (χ4v) is 0.908. The number of rotatable bonds is 7. The molecule has 0 heterocycles. The van der Waals surface area contributed by atoms with Crippen LogP contribution in [0.4, 0.5) is 0 Å². The molecule has 66 valence electrons. The molecule has 3 N–H and O–H groups in total. The van der Waals surface area contributed by atoms with Gasteiger partial charge in [0.2, 0.25) is 0 Å². The van der Waals surface area contributed by atoms with Crippen LogP contribution in [-0.2, 0) is 0 Å². The molecule has 11 heavy (non-hydrogen) atoms. The van der Waals surface area contributed by atoms with Crippen LogP contribution < -0.4 is 5.32 Å². The smallest absolute Gasteiger partial charge is 0.426 e. The van der Waals surface area contributed by atoms with Crippen LogP contribution in [0.2, 0.25) is 0 Å². The van der Waals surface area contributed by atoms with Crippen molar-refractivity contribution in [2.24, 2.45) is 0 Å². The van der Waals surface area contributed by atoms with Crippen molar-refractivity contribution in [1.82, 2.24) is 5.32 Å². The minimum absolute atomic E-state index is 0.284. The van der Waals surface area contributed by atoms with Gasteiger partial charge in [-0.25, -0.2) is 0 Å². The zero-order valence-electron chi connectivity index (χ0n) is 7.21. The molecule has 0 spiro atoms. The standard InChI is InChI=1S/C7H18BNO2/c1-2-3-4-5-6-9-7-8(10)11/h9-11H,2-7H2,1H3. The van der Waals surface area contributed by atoms with Gasteiger partial charge < -0.3 is 15.4 Å². The molecular formula is C7H18BNO2. The maximum atomic E-state index is 8.45. The Morgan fingerprint density at radius 3 is 2.45 bits per heavy atom. The Morgan fingerprint density at radius 1 is 1.18 bits per heavy atom. The summed E-state index contributed by atoms with van der Waals surface area (Å²) in [6.07, 6.45) is 5.14. The van der Waals surface area contributed by atoms with Gasteiger partial charge in [-0.05, 0) is 13.0 Å². The summed E-state index contributed by atoms with van der Waals surface area (Å²) in [7, 11) is -1.21. The van der Waals surface area contributed by atoms with Crippen molar-refractivity contribution in [1.29, 1.82) is 0 Å². The lowest BCUT2D eigenvalue weighted by atomic mass is 9.92. The first-order valence-corrected chi connectivity index (χ1v) is 4.34. The zero-order valence-corrected chi connectivity index (χ0v) is 7.21. The molecule has 0 aromatic rings. The van der Waals surface area contributed by atoms with E-state index in [9.17, 15) is 0 Å². The molecule has 0 aliphatic heterocycles. The minimum Gasteiger partial charge on any atom is -0.426 e. The second-order valence-electron chi connectivity index (χ2n) is 2.75. The van der Waals surface area contributed by atoms with Crippen LogP contribution in [0.25, 0.3) is 0 Å². The molecule has 0 aromatic carbocycles. The van der Waals surface area contributed by atoms with Crippen molar-refractivity contribution >= 4 is 7.12 Å². The molecular weight excluding hydrogens is 141 g/mol. The van der Waals surface area contributed by atoms with Gasteiger partial charge in [0.25, 0.3) is 0 Å². The summed E-state index contributed by atoms with van der Waals surface area (Å²) in [5.41, 5.74) is 0. The number of hydrogen-bond acceptors (Lipinski definition) is 3. The minimum atomic E-state index is -1.21. The van der Waals surface area contributed by atoms with E-state index >= 15 is 0 Å². The van der Waals surface area contributed by atoms with Gasteiger partial charge in [0.15, 0.2) is 0 Å². The van der Waals surface area contributed by atoms with Gasteiger partial charge in [-0.3, -0.25) is 0 Å². The second-order valence-corrected chi connectivity index (χ2v) is 2.75. The molecule has 0 fully saturated rings. The fourth-order valence-electron chi connectivity index (χ4n) is 0.908. The topological polar surface area (TPSA) is 52.5 Å². The largest absolute Gasteiger partial charge is 0.466 e. The molecule has 0 aliphatic carbocycles. The summed E-state index contributed by atoms with van der Waals surface area (Å²) in [4.78, 5) is 0. The van der Waals surface area contributed by atoms with Gasteiger partial charge in [0, 0.05) is 6.44 Å². The highest BCUT2D eigenvalue weighted by Gasteiger charge is 2.03. The Hall–Kier alpha value is -0.0551. The lowest BCUT2D eigenvalue weighted by molar-refractivity contribution is 0.398. The van der Waals surface area contributed by atoms with Crippen LogP contribution in [0.3, 0.4) is 0 Å². The van der Waals surface area contributed by atoms with E-state index in [0.29, 0.717) is 0 Å². The Bertz CT molecular complexity index is 80.8. The number of unbranched alkanes of at least 4 members (excludes halogenated alkanes) is 3. The van der Waals surface area contributed by atoms with E-state index in [2.05, 4.69) is 12.2 Å². The van der Waals surface area contributed by atoms with Crippen molar-refractivity contribution in [2.75, 3.05) is 13.0 Å². The Balaban J connectivity index is 2.80. The average Bonchev–Trinajstić information content (AvgIpc) is 1.96. The highest BCUT2D eigenvalue weighted by molar-refractivity contribution is 6.41. The molecule has 0 saturated carbocycles. The lowest BCUT2D eigenvalue weighted by Crippen LogP contribution is -2.31. The Morgan fingerprint density at radius 2 is 1.91 bits per heavy atom. The van der Waals surface area contributed by atoms with E-state index in [1.807, 2.05) is 0 Å². The van der Waals surface area contributed by atoms with Crippen LogP contribution in [0.5, 0.6) is 0 Å². The number of nitrogens with one attached hydrogen (secondary N) is 1. The van der Waals surface area contributed by atoms with Crippen molar-refractivity contribution in [3.05, 3.63) is 0 Å². The Kier molecular flexibility index (Phi) is 8.01. The summed E-state index contributed by atoms with van der Waals surface area (Å²) < 4.78 is 0. The molecule has 0 amide bonds. The van der Waals surface area contributed by atoms with Gasteiger partial charge in [-0.2, -0.15) is 0 Å². The van der Waals surface area contributed by atoms with Gasteiger partial charge in [-0.15, -0.1) is 0 Å². The average molecular weight is 159 g/mol. The van der Waals surface area contributed by atoms with Crippen molar-refractivity contribution in [2.45, 2.75) is 32.6 Å². The number of hydrogen-bond donors (Lipinski definition) is 3. The van der Waals surface area contributed by atoms with Crippen LogP contribution in [0, 0.1) is 0 Å². The molecule has 0 aromatic heterocycles. The summed E-state index contributed by atoms with van der Waals surface area (Å²) >= 11 is 0. The van der Waals surface area contributed by atoms with Gasteiger partial charge >= 0.3 is 7.12 Å². The van der Waals surface area contributed by atoms with E-state index in [4.69, 9.17) is 10.0 Å². The third-order valence-electron chi connectivity index (χ3n) is 1.53. The Labute approximate surface area is 69.0 Å². The molecule has 0 bridgehead atoms.